The molecule has 0 spiro atoms. The molecule has 2 aromatic carbocycles. The molecule has 6 rings (SSSR count). The second-order valence-corrected chi connectivity index (χ2v) is 11.2. The molecule has 0 N–H and O–H groups in total. The van der Waals surface area contributed by atoms with Gasteiger partial charge in [0.25, 0.3) is 11.2 Å². The standard InChI is InChI=1S/C30H23F2N7O4S/c1-35(2)16-22-26-28(40)38(20-11-12-25(33-15-20)37-14-4-13-34-37)30(41)36(17-21-23(31)5-3-6-24(21)32)29(26)44-27(22)18-7-9-19(10-8-18)39(42)43/h3-15H,16-17H2,1-2H3. The Morgan fingerprint density at radius 1 is 0.977 bits per heavy atom. The molecule has 0 atom stereocenters. The van der Waals surface area contributed by atoms with Crippen molar-refractivity contribution < 1.29 is 13.7 Å². The average molecular weight is 616 g/mol. The number of aromatic nitrogens is 5. The minimum Gasteiger partial charge on any atom is -0.305 e. The van der Waals surface area contributed by atoms with Crippen LogP contribution in [0.25, 0.3) is 32.2 Å². The molecule has 0 amide bonds. The lowest BCUT2D eigenvalue weighted by molar-refractivity contribution is -0.384. The highest BCUT2D eigenvalue weighted by molar-refractivity contribution is 7.22. The minimum atomic E-state index is -0.839. The first-order valence-corrected chi connectivity index (χ1v) is 14.1. The zero-order valence-corrected chi connectivity index (χ0v) is 24.2. The van der Waals surface area contributed by atoms with Crippen molar-refractivity contribution >= 4 is 27.2 Å². The molecular weight excluding hydrogens is 592 g/mol. The number of benzene rings is 2. The molecule has 0 aliphatic heterocycles. The van der Waals surface area contributed by atoms with Crippen molar-refractivity contribution in [2.24, 2.45) is 0 Å². The molecule has 4 aromatic heterocycles. The van der Waals surface area contributed by atoms with Gasteiger partial charge in [0.1, 0.15) is 16.5 Å². The first kappa shape index (κ1) is 28.8. The fourth-order valence-electron chi connectivity index (χ4n) is 4.96. The number of pyridine rings is 1. The fraction of sp³-hybridized carbons (Fsp3) is 0.133. The van der Waals surface area contributed by atoms with Crippen LogP contribution in [0.4, 0.5) is 14.5 Å². The summed E-state index contributed by atoms with van der Waals surface area (Å²) in [5.41, 5.74) is -0.597. The summed E-state index contributed by atoms with van der Waals surface area (Å²) in [5, 5.41) is 15.6. The van der Waals surface area contributed by atoms with Crippen LogP contribution >= 0.6 is 11.3 Å². The summed E-state index contributed by atoms with van der Waals surface area (Å²) < 4.78 is 33.4. The predicted octanol–water partition coefficient (Wildman–Crippen LogP) is 4.76. The molecule has 11 nitrogen and oxygen atoms in total. The Balaban J connectivity index is 1.65. The minimum absolute atomic E-state index is 0.107. The van der Waals surface area contributed by atoms with E-state index in [0.717, 1.165) is 28.0 Å². The monoisotopic (exact) mass is 615 g/mol. The topological polar surface area (TPSA) is 121 Å². The average Bonchev–Trinajstić information content (AvgIpc) is 3.66. The Labute approximate surface area is 251 Å². The smallest absolute Gasteiger partial charge is 0.305 e. The Morgan fingerprint density at radius 3 is 2.30 bits per heavy atom. The first-order chi connectivity index (χ1) is 21.1. The normalized spacial score (nSPS) is 11.5. The Kier molecular flexibility index (Phi) is 7.45. The third-order valence-electron chi connectivity index (χ3n) is 6.99. The molecule has 0 aliphatic rings. The van der Waals surface area contributed by atoms with Gasteiger partial charge in [0.15, 0.2) is 5.82 Å². The number of non-ortho nitro benzene ring substituents is 1. The molecule has 222 valence electrons. The van der Waals surface area contributed by atoms with E-state index in [1.165, 1.54) is 33.6 Å². The van der Waals surface area contributed by atoms with E-state index in [0.29, 0.717) is 21.8 Å². The first-order valence-electron chi connectivity index (χ1n) is 13.2. The number of nitro benzene ring substituents is 1. The molecule has 0 bridgehead atoms. The molecule has 0 fully saturated rings. The molecule has 0 radical (unpaired) electrons. The van der Waals surface area contributed by atoms with E-state index in [2.05, 4.69) is 10.1 Å². The maximum absolute atomic E-state index is 14.9. The van der Waals surface area contributed by atoms with Gasteiger partial charge in [0, 0.05) is 41.5 Å². The van der Waals surface area contributed by atoms with E-state index in [-0.39, 0.29) is 33.7 Å². The third kappa shape index (κ3) is 5.09. The van der Waals surface area contributed by atoms with Gasteiger partial charge in [0.05, 0.1) is 28.7 Å². The van der Waals surface area contributed by atoms with Crippen molar-refractivity contribution in [2.45, 2.75) is 13.1 Å². The quantitative estimate of drug-likeness (QED) is 0.179. The highest BCUT2D eigenvalue weighted by Gasteiger charge is 2.25. The van der Waals surface area contributed by atoms with Crippen LogP contribution in [0.2, 0.25) is 0 Å². The van der Waals surface area contributed by atoms with E-state index in [9.17, 15) is 28.5 Å². The molecular formula is C30H23F2N7O4S. The Bertz CT molecular complexity index is 2120. The number of rotatable bonds is 8. The molecule has 0 saturated heterocycles. The molecule has 14 heteroatoms. The molecule has 0 aliphatic carbocycles. The maximum Gasteiger partial charge on any atom is 0.337 e. The molecule has 6 aromatic rings. The van der Waals surface area contributed by atoms with E-state index in [1.54, 1.807) is 42.7 Å². The summed E-state index contributed by atoms with van der Waals surface area (Å²) in [6, 6.07) is 14.1. The van der Waals surface area contributed by atoms with Gasteiger partial charge >= 0.3 is 5.69 Å². The van der Waals surface area contributed by atoms with E-state index >= 15 is 0 Å². The van der Waals surface area contributed by atoms with Gasteiger partial charge in [-0.3, -0.25) is 19.5 Å². The van der Waals surface area contributed by atoms with Crippen LogP contribution in [0.3, 0.4) is 0 Å². The van der Waals surface area contributed by atoms with Gasteiger partial charge < -0.3 is 4.90 Å². The summed E-state index contributed by atoms with van der Waals surface area (Å²) in [6.07, 6.45) is 4.63. The lowest BCUT2D eigenvalue weighted by Crippen LogP contribution is -2.39. The lowest BCUT2D eigenvalue weighted by Gasteiger charge is -2.15. The second kappa shape index (κ2) is 11.4. The zero-order chi connectivity index (χ0) is 31.1. The lowest BCUT2D eigenvalue weighted by atomic mass is 10.1. The van der Waals surface area contributed by atoms with Crippen LogP contribution in [0.1, 0.15) is 11.1 Å². The summed E-state index contributed by atoms with van der Waals surface area (Å²) in [7, 11) is 3.62. The van der Waals surface area contributed by atoms with Crippen molar-refractivity contribution in [1.29, 1.82) is 0 Å². The third-order valence-corrected chi connectivity index (χ3v) is 8.30. The maximum atomic E-state index is 14.9. The molecule has 4 heterocycles. The highest BCUT2D eigenvalue weighted by Crippen LogP contribution is 2.38. The van der Waals surface area contributed by atoms with Crippen LogP contribution in [0.15, 0.2) is 88.8 Å². The number of hydrogen-bond acceptors (Lipinski definition) is 8. The van der Waals surface area contributed by atoms with Gasteiger partial charge in [-0.2, -0.15) is 5.10 Å². The summed E-state index contributed by atoms with van der Waals surface area (Å²) in [5.74, 6) is -1.23. The zero-order valence-electron chi connectivity index (χ0n) is 23.3. The SMILES string of the molecule is CN(C)Cc1c(-c2ccc([N+](=O)[O-])cc2)sc2c1c(=O)n(-c1ccc(-n3cccn3)nc1)c(=O)n2Cc1c(F)cccc1F. The molecule has 0 saturated carbocycles. The van der Waals surface area contributed by atoms with Gasteiger partial charge in [-0.25, -0.2) is 27.8 Å². The number of halogens is 2. The van der Waals surface area contributed by atoms with Gasteiger partial charge in [-0.15, -0.1) is 11.3 Å². The second-order valence-electron chi connectivity index (χ2n) is 10.2. The Morgan fingerprint density at radius 2 is 1.70 bits per heavy atom. The highest BCUT2D eigenvalue weighted by atomic mass is 32.1. The van der Waals surface area contributed by atoms with Gasteiger partial charge in [-0.1, -0.05) is 6.07 Å². The summed E-state index contributed by atoms with van der Waals surface area (Å²) in [4.78, 5) is 46.1. The van der Waals surface area contributed by atoms with Crippen molar-refractivity contribution in [2.75, 3.05) is 14.1 Å². The largest absolute Gasteiger partial charge is 0.337 e. The predicted molar refractivity (Wildman–Crippen MR) is 162 cm³/mol. The van der Waals surface area contributed by atoms with Gasteiger partial charge in [0.2, 0.25) is 0 Å². The molecule has 44 heavy (non-hydrogen) atoms. The number of fused-ring (bicyclic) bond motifs is 1. The summed E-state index contributed by atoms with van der Waals surface area (Å²) >= 11 is 1.10. The number of thiophene rings is 1. The number of nitrogens with zero attached hydrogens (tertiary/aromatic N) is 7. The van der Waals surface area contributed by atoms with E-state index < -0.39 is 34.4 Å². The van der Waals surface area contributed by atoms with E-state index in [4.69, 9.17) is 0 Å². The summed E-state index contributed by atoms with van der Waals surface area (Å²) in [6.45, 7) is -0.223. The molecule has 0 unspecified atom stereocenters. The van der Waals surface area contributed by atoms with Crippen molar-refractivity contribution in [3.8, 4) is 21.9 Å². The van der Waals surface area contributed by atoms with E-state index in [1.807, 2.05) is 19.0 Å². The van der Waals surface area contributed by atoms with Crippen LogP contribution in [-0.4, -0.2) is 47.8 Å². The fourth-order valence-corrected chi connectivity index (χ4v) is 6.27. The number of hydrogen-bond donors (Lipinski definition) is 0. The van der Waals surface area contributed by atoms with Crippen LogP contribution in [0, 0.1) is 21.7 Å². The van der Waals surface area contributed by atoms with Gasteiger partial charge in [-0.05, 0) is 67.7 Å². The van der Waals surface area contributed by atoms with Crippen LogP contribution in [-0.2, 0) is 13.1 Å². The Hall–Kier alpha value is -5.34. The van der Waals surface area contributed by atoms with Crippen molar-refractivity contribution in [1.82, 2.24) is 28.8 Å². The van der Waals surface area contributed by atoms with Crippen LogP contribution in [0.5, 0.6) is 0 Å². The number of nitro groups is 1. The van der Waals surface area contributed by atoms with Crippen LogP contribution < -0.4 is 11.2 Å². The van der Waals surface area contributed by atoms with Crippen molar-refractivity contribution in [3.63, 3.8) is 0 Å². The van der Waals surface area contributed by atoms with Crippen molar-refractivity contribution in [3.05, 3.63) is 133 Å².